The van der Waals surface area contributed by atoms with Gasteiger partial charge in [-0.05, 0) is 66.0 Å². The molecular weight excluding hydrogens is 374 g/mol. The molecule has 0 radical (unpaired) electrons. The molecule has 0 N–H and O–H groups in total. The van der Waals surface area contributed by atoms with Gasteiger partial charge in [0.2, 0.25) is 5.78 Å². The molecule has 0 heterocycles. The second-order valence-corrected chi connectivity index (χ2v) is 8.13. The first-order valence-corrected chi connectivity index (χ1v) is 10.7. The first-order valence-electron chi connectivity index (χ1n) is 10.7. The second-order valence-electron chi connectivity index (χ2n) is 8.13. The summed E-state index contributed by atoms with van der Waals surface area (Å²) in [4.78, 5) is 28.6. The lowest BCUT2D eigenvalue weighted by atomic mass is 9.86. The smallest absolute Gasteiger partial charge is 0.318 e. The van der Waals surface area contributed by atoms with Crippen LogP contribution >= 0.6 is 0 Å². The van der Waals surface area contributed by atoms with Gasteiger partial charge in [0.1, 0.15) is 5.71 Å². The summed E-state index contributed by atoms with van der Waals surface area (Å²) in [6.07, 6.45) is 6.09. The lowest BCUT2D eigenvalue weighted by Gasteiger charge is -2.18. The van der Waals surface area contributed by atoms with Gasteiger partial charge >= 0.3 is 5.97 Å². The minimum Gasteiger partial charge on any atom is -0.318 e. The van der Waals surface area contributed by atoms with Crippen LogP contribution in [-0.2, 0) is 9.63 Å². The standard InChI is InChI=1S/C26H27NO3/c1-4-20(18-9-5-6-10-18)25-23-12-8-7-11-21(23)22-14-13-19(15-24(22)25)26(29)16(2)27-30-17(3)28/h7-8,11-15,18H,4-6,9-10H2,1-3H3/b25-20-,27-16-. The fourth-order valence-electron chi connectivity index (χ4n) is 4.88. The van der Waals surface area contributed by atoms with Gasteiger partial charge in [-0.3, -0.25) is 4.79 Å². The quantitative estimate of drug-likeness (QED) is 0.222. The molecule has 2 aliphatic carbocycles. The lowest BCUT2D eigenvalue weighted by molar-refractivity contribution is -0.140. The Morgan fingerprint density at radius 2 is 1.63 bits per heavy atom. The number of nitrogens with zero attached hydrogens (tertiary/aromatic N) is 1. The van der Waals surface area contributed by atoms with E-state index in [1.165, 1.54) is 60.4 Å². The van der Waals surface area contributed by atoms with Crippen molar-refractivity contribution in [1.82, 2.24) is 0 Å². The molecule has 2 aromatic carbocycles. The number of hydrogen-bond donors (Lipinski definition) is 0. The summed E-state index contributed by atoms with van der Waals surface area (Å²) in [6, 6.07) is 14.4. The van der Waals surface area contributed by atoms with Crippen LogP contribution in [-0.4, -0.2) is 17.5 Å². The Bertz CT molecular complexity index is 1070. The number of carbonyl (C=O) groups is 2. The number of Topliss-reactive ketones (excluding diaryl/α,β-unsaturated/α-hetero) is 1. The average Bonchev–Trinajstić information content (AvgIpc) is 3.39. The van der Waals surface area contributed by atoms with Crippen molar-refractivity contribution < 1.29 is 14.4 Å². The average molecular weight is 402 g/mol. The van der Waals surface area contributed by atoms with Gasteiger partial charge < -0.3 is 4.84 Å². The van der Waals surface area contributed by atoms with E-state index in [4.69, 9.17) is 0 Å². The van der Waals surface area contributed by atoms with Crippen LogP contribution in [0, 0.1) is 5.92 Å². The van der Waals surface area contributed by atoms with E-state index >= 15 is 0 Å². The predicted octanol–water partition coefficient (Wildman–Crippen LogP) is 6.19. The number of benzene rings is 2. The fraction of sp³-hybridized carbons (Fsp3) is 0.346. The largest absolute Gasteiger partial charge is 0.331 e. The Morgan fingerprint density at radius 1 is 0.967 bits per heavy atom. The topological polar surface area (TPSA) is 55.7 Å². The third kappa shape index (κ3) is 3.62. The van der Waals surface area contributed by atoms with Crippen molar-refractivity contribution in [2.24, 2.45) is 11.1 Å². The van der Waals surface area contributed by atoms with Crippen molar-refractivity contribution in [3.8, 4) is 11.1 Å². The van der Waals surface area contributed by atoms with Gasteiger partial charge in [0.25, 0.3) is 0 Å². The summed E-state index contributed by atoms with van der Waals surface area (Å²) in [6.45, 7) is 5.08. The minimum atomic E-state index is -0.541. The molecule has 2 aliphatic rings. The maximum absolute atomic E-state index is 12.9. The molecule has 0 aromatic heterocycles. The molecule has 30 heavy (non-hydrogen) atoms. The van der Waals surface area contributed by atoms with Crippen LogP contribution in [0.4, 0.5) is 0 Å². The van der Waals surface area contributed by atoms with Crippen LogP contribution < -0.4 is 0 Å². The van der Waals surface area contributed by atoms with Crippen LogP contribution in [0.5, 0.6) is 0 Å². The lowest BCUT2D eigenvalue weighted by Crippen LogP contribution is -2.12. The zero-order valence-electron chi connectivity index (χ0n) is 17.8. The Morgan fingerprint density at radius 3 is 2.30 bits per heavy atom. The summed E-state index contributed by atoms with van der Waals surface area (Å²) in [5, 5.41) is 3.67. The SMILES string of the molecule is CC/C(=C1\c2ccccc2-c2ccc(C(=O)/C(C)=N\OC(C)=O)cc21)C1CCCC1. The van der Waals surface area contributed by atoms with E-state index in [1.807, 2.05) is 18.2 Å². The molecule has 0 unspecified atom stereocenters. The summed E-state index contributed by atoms with van der Waals surface area (Å²) >= 11 is 0. The molecule has 4 heteroatoms. The summed E-state index contributed by atoms with van der Waals surface area (Å²) in [7, 11) is 0. The number of carbonyl (C=O) groups excluding carboxylic acids is 2. The van der Waals surface area contributed by atoms with Gasteiger partial charge in [0.05, 0.1) is 0 Å². The molecule has 4 nitrogen and oxygen atoms in total. The summed E-state index contributed by atoms with van der Waals surface area (Å²) in [5.41, 5.74) is 8.35. The van der Waals surface area contributed by atoms with E-state index in [1.54, 1.807) is 6.92 Å². The Hall–Kier alpha value is -3.01. The summed E-state index contributed by atoms with van der Waals surface area (Å²) < 4.78 is 0. The molecular formula is C26H27NO3. The van der Waals surface area contributed by atoms with E-state index in [2.05, 4.69) is 41.2 Å². The van der Waals surface area contributed by atoms with Gasteiger partial charge in [-0.25, -0.2) is 4.79 Å². The second kappa shape index (κ2) is 8.39. The molecule has 0 bridgehead atoms. The number of oxime groups is 1. The molecule has 4 rings (SSSR count). The molecule has 0 aliphatic heterocycles. The fourth-order valence-corrected chi connectivity index (χ4v) is 4.88. The van der Waals surface area contributed by atoms with E-state index in [-0.39, 0.29) is 11.5 Å². The molecule has 0 atom stereocenters. The molecule has 1 saturated carbocycles. The normalized spacial score (nSPS) is 17.5. The van der Waals surface area contributed by atoms with Gasteiger partial charge in [-0.1, -0.05) is 66.9 Å². The molecule has 0 saturated heterocycles. The van der Waals surface area contributed by atoms with Gasteiger partial charge in [-0.2, -0.15) is 0 Å². The Balaban J connectivity index is 1.84. The van der Waals surface area contributed by atoms with Crippen LogP contribution in [0.2, 0.25) is 0 Å². The van der Waals surface area contributed by atoms with E-state index < -0.39 is 5.97 Å². The third-order valence-corrected chi connectivity index (χ3v) is 6.23. The molecule has 0 spiro atoms. The molecule has 2 aromatic rings. The van der Waals surface area contributed by atoms with Gasteiger partial charge in [0.15, 0.2) is 0 Å². The zero-order chi connectivity index (χ0) is 21.3. The van der Waals surface area contributed by atoms with E-state index in [9.17, 15) is 9.59 Å². The highest BCUT2D eigenvalue weighted by Gasteiger charge is 2.30. The Kier molecular flexibility index (Phi) is 5.67. The molecule has 0 amide bonds. The van der Waals surface area contributed by atoms with Crippen molar-refractivity contribution in [1.29, 1.82) is 0 Å². The van der Waals surface area contributed by atoms with Crippen molar-refractivity contribution >= 4 is 23.0 Å². The third-order valence-electron chi connectivity index (χ3n) is 6.23. The van der Waals surface area contributed by atoms with Crippen LogP contribution in [0.25, 0.3) is 16.7 Å². The van der Waals surface area contributed by atoms with Crippen molar-refractivity contribution in [2.75, 3.05) is 0 Å². The highest BCUT2D eigenvalue weighted by molar-refractivity contribution is 6.45. The van der Waals surface area contributed by atoms with Crippen molar-refractivity contribution in [2.45, 2.75) is 52.9 Å². The number of ketones is 1. The number of allylic oxidation sites excluding steroid dienone is 1. The Labute approximate surface area is 177 Å². The van der Waals surface area contributed by atoms with Crippen LogP contribution in [0.15, 0.2) is 53.2 Å². The predicted molar refractivity (Wildman–Crippen MR) is 119 cm³/mol. The van der Waals surface area contributed by atoms with Crippen molar-refractivity contribution in [3.63, 3.8) is 0 Å². The van der Waals surface area contributed by atoms with Gasteiger partial charge in [0, 0.05) is 12.5 Å². The van der Waals surface area contributed by atoms with Gasteiger partial charge in [-0.15, -0.1) is 0 Å². The van der Waals surface area contributed by atoms with Crippen molar-refractivity contribution in [3.05, 3.63) is 64.7 Å². The highest BCUT2D eigenvalue weighted by atomic mass is 16.7. The zero-order valence-corrected chi connectivity index (χ0v) is 17.8. The first-order chi connectivity index (χ1) is 14.5. The monoisotopic (exact) mass is 401 g/mol. The number of rotatable bonds is 5. The number of fused-ring (bicyclic) bond motifs is 3. The molecule has 1 fully saturated rings. The van der Waals surface area contributed by atoms with Crippen LogP contribution in [0.3, 0.4) is 0 Å². The molecule has 154 valence electrons. The first kappa shape index (κ1) is 20.3. The van der Waals surface area contributed by atoms with E-state index in [0.717, 1.165) is 12.0 Å². The number of hydrogen-bond acceptors (Lipinski definition) is 4. The highest BCUT2D eigenvalue weighted by Crippen LogP contribution is 2.49. The maximum Gasteiger partial charge on any atom is 0.331 e. The van der Waals surface area contributed by atoms with E-state index in [0.29, 0.717) is 11.5 Å². The summed E-state index contributed by atoms with van der Waals surface area (Å²) in [5.74, 6) is -0.148. The maximum atomic E-state index is 12.9. The minimum absolute atomic E-state index is 0.165. The van der Waals surface area contributed by atoms with Crippen LogP contribution in [0.1, 0.15) is 74.4 Å².